The molecule has 0 spiro atoms. The average molecular weight is 510 g/mol. The number of anilines is 1. The second-order valence-electron chi connectivity index (χ2n) is 9.24. The van der Waals surface area contributed by atoms with Crippen LogP contribution >= 0.6 is 11.6 Å². The molecular weight excluding hydrogens is 489 g/mol. The molecule has 36 heavy (non-hydrogen) atoms. The summed E-state index contributed by atoms with van der Waals surface area (Å²) in [6.07, 6.45) is 8.65. The fraction of sp³-hybridized carbons (Fsp3) is 0.333. The minimum Gasteiger partial charge on any atom is -0.441 e. The molecule has 2 N–H and O–H groups in total. The SMILES string of the molecule is C#CC12CC(NC(=O)c3ccc(-c4nnn(C)c4NC(=O)O[C@H](C)c4cc(F)cnc4Cl)nc3)(C1)C2. The summed E-state index contributed by atoms with van der Waals surface area (Å²) in [7, 11) is 1.58. The Labute approximate surface area is 210 Å². The maximum atomic E-state index is 13.5. The molecular formula is C24H21ClFN7O3. The highest BCUT2D eigenvalue weighted by atomic mass is 35.5. The number of aromatic nitrogens is 5. The lowest BCUT2D eigenvalue weighted by Gasteiger charge is -2.68. The van der Waals surface area contributed by atoms with E-state index in [1.54, 1.807) is 19.2 Å². The van der Waals surface area contributed by atoms with E-state index in [0.717, 1.165) is 31.5 Å². The maximum Gasteiger partial charge on any atom is 0.413 e. The van der Waals surface area contributed by atoms with Crippen LogP contribution in [0.2, 0.25) is 5.15 Å². The molecule has 0 aliphatic heterocycles. The zero-order valence-corrected chi connectivity index (χ0v) is 20.1. The van der Waals surface area contributed by atoms with Crippen LogP contribution in [0.3, 0.4) is 0 Å². The number of hydrogen-bond donors (Lipinski definition) is 2. The van der Waals surface area contributed by atoms with Gasteiger partial charge in [0.15, 0.2) is 11.5 Å². The van der Waals surface area contributed by atoms with Gasteiger partial charge < -0.3 is 10.1 Å². The molecule has 2 bridgehead atoms. The van der Waals surface area contributed by atoms with Gasteiger partial charge in [-0.3, -0.25) is 15.1 Å². The van der Waals surface area contributed by atoms with Crippen molar-refractivity contribution in [3.63, 3.8) is 0 Å². The van der Waals surface area contributed by atoms with Crippen LogP contribution in [0.25, 0.3) is 11.4 Å². The van der Waals surface area contributed by atoms with Gasteiger partial charge >= 0.3 is 6.09 Å². The lowest BCUT2D eigenvalue weighted by Crippen LogP contribution is -2.74. The van der Waals surface area contributed by atoms with Gasteiger partial charge in [-0.05, 0) is 44.4 Å². The Morgan fingerprint density at radius 2 is 2.03 bits per heavy atom. The highest BCUT2D eigenvalue weighted by Crippen LogP contribution is 2.66. The van der Waals surface area contributed by atoms with Gasteiger partial charge in [0.2, 0.25) is 0 Å². The van der Waals surface area contributed by atoms with E-state index in [0.29, 0.717) is 11.3 Å². The number of hydrogen-bond acceptors (Lipinski definition) is 7. The minimum absolute atomic E-state index is 0.0255. The molecule has 184 valence electrons. The number of carbonyl (C=O) groups is 2. The highest BCUT2D eigenvalue weighted by Gasteiger charge is 2.67. The highest BCUT2D eigenvalue weighted by molar-refractivity contribution is 6.30. The summed E-state index contributed by atoms with van der Waals surface area (Å²) in [6.45, 7) is 1.54. The van der Waals surface area contributed by atoms with Gasteiger partial charge in [-0.25, -0.2) is 18.9 Å². The van der Waals surface area contributed by atoms with Gasteiger partial charge in [-0.15, -0.1) is 11.5 Å². The summed E-state index contributed by atoms with van der Waals surface area (Å²) >= 11 is 5.99. The van der Waals surface area contributed by atoms with Crippen LogP contribution in [-0.2, 0) is 11.8 Å². The molecule has 1 atom stereocenters. The topological polar surface area (TPSA) is 124 Å². The number of pyridine rings is 2. The van der Waals surface area contributed by atoms with E-state index < -0.39 is 18.0 Å². The molecule has 3 aromatic heterocycles. The zero-order valence-electron chi connectivity index (χ0n) is 19.4. The Morgan fingerprint density at radius 3 is 2.69 bits per heavy atom. The van der Waals surface area contributed by atoms with Gasteiger partial charge in [-0.2, -0.15) is 0 Å². The Morgan fingerprint density at radius 1 is 1.28 bits per heavy atom. The number of nitrogens with one attached hydrogen (secondary N) is 2. The summed E-state index contributed by atoms with van der Waals surface area (Å²) in [5, 5.41) is 13.7. The van der Waals surface area contributed by atoms with Crippen molar-refractivity contribution in [2.45, 2.75) is 37.8 Å². The first-order valence-corrected chi connectivity index (χ1v) is 11.5. The summed E-state index contributed by atoms with van der Waals surface area (Å²) in [4.78, 5) is 33.2. The third kappa shape index (κ3) is 4.13. The Hall–Kier alpha value is -4.04. The molecule has 3 fully saturated rings. The van der Waals surface area contributed by atoms with Crippen LogP contribution in [0, 0.1) is 23.6 Å². The lowest BCUT2D eigenvalue weighted by atomic mass is 9.40. The van der Waals surface area contributed by atoms with Crippen molar-refractivity contribution in [3.8, 4) is 23.7 Å². The Bertz CT molecular complexity index is 1400. The van der Waals surface area contributed by atoms with Gasteiger partial charge in [0.25, 0.3) is 5.91 Å². The third-order valence-electron chi connectivity index (χ3n) is 6.59. The first-order chi connectivity index (χ1) is 17.1. The summed E-state index contributed by atoms with van der Waals surface area (Å²) < 4.78 is 20.2. The van der Waals surface area contributed by atoms with E-state index >= 15 is 0 Å². The second kappa shape index (κ2) is 8.57. The van der Waals surface area contributed by atoms with E-state index in [9.17, 15) is 14.0 Å². The predicted octanol–water partition coefficient (Wildman–Crippen LogP) is 3.66. The molecule has 0 unspecified atom stereocenters. The van der Waals surface area contributed by atoms with Crippen molar-refractivity contribution in [2.75, 3.05) is 5.32 Å². The Kier molecular flexibility index (Phi) is 5.64. The largest absolute Gasteiger partial charge is 0.441 e. The normalized spacial score (nSPS) is 22.4. The van der Waals surface area contributed by atoms with Gasteiger partial charge in [-0.1, -0.05) is 22.7 Å². The molecule has 6 rings (SSSR count). The molecule has 12 heteroatoms. The van der Waals surface area contributed by atoms with Crippen LogP contribution in [-0.4, -0.2) is 42.5 Å². The predicted molar refractivity (Wildman–Crippen MR) is 127 cm³/mol. The van der Waals surface area contributed by atoms with E-state index in [-0.39, 0.29) is 39.1 Å². The number of amides is 2. The van der Waals surface area contributed by atoms with E-state index in [2.05, 4.69) is 36.8 Å². The first-order valence-electron chi connectivity index (χ1n) is 11.1. The molecule has 3 saturated carbocycles. The lowest BCUT2D eigenvalue weighted by molar-refractivity contribution is -0.101. The summed E-state index contributed by atoms with van der Waals surface area (Å²) in [5.41, 5.74) is 1.04. The number of halogens is 2. The van der Waals surface area contributed by atoms with Gasteiger partial charge in [0.1, 0.15) is 17.1 Å². The molecule has 3 aromatic rings. The van der Waals surface area contributed by atoms with Crippen molar-refractivity contribution in [2.24, 2.45) is 12.5 Å². The number of terminal acetylenes is 1. The molecule has 0 saturated heterocycles. The molecule has 0 aromatic carbocycles. The zero-order chi connectivity index (χ0) is 25.7. The number of nitrogens with zero attached hydrogens (tertiary/aromatic N) is 5. The summed E-state index contributed by atoms with van der Waals surface area (Å²) in [5.74, 6) is 2.20. The van der Waals surface area contributed by atoms with Gasteiger partial charge in [0, 0.05) is 29.8 Å². The van der Waals surface area contributed by atoms with Crippen LogP contribution in [0.1, 0.15) is 48.2 Å². The molecule has 3 aliphatic carbocycles. The van der Waals surface area contributed by atoms with E-state index in [1.807, 2.05) is 0 Å². The fourth-order valence-electron chi connectivity index (χ4n) is 4.80. The van der Waals surface area contributed by atoms with Crippen LogP contribution < -0.4 is 10.6 Å². The van der Waals surface area contributed by atoms with Crippen molar-refractivity contribution < 1.29 is 18.7 Å². The standard InChI is InChI=1S/C24H21ClFN7O3/c1-4-23-10-24(11-23,12-23)30-21(34)14-5-6-17(27-8-14)18-20(33(3)32-31-18)29-22(35)36-13(2)16-7-15(26)9-28-19(16)25/h1,5-9,13H,10-12H2,2-3H3,(H,29,35)(H,30,34)/t13-,23?,24?/m1/s1. The second-order valence-corrected chi connectivity index (χ2v) is 9.60. The van der Waals surface area contributed by atoms with Gasteiger partial charge in [0.05, 0.1) is 17.5 Å². The van der Waals surface area contributed by atoms with Crippen molar-refractivity contribution in [1.29, 1.82) is 0 Å². The van der Waals surface area contributed by atoms with Crippen LogP contribution in [0.4, 0.5) is 15.0 Å². The molecule has 3 heterocycles. The first kappa shape index (κ1) is 23.7. The molecule has 0 radical (unpaired) electrons. The van der Waals surface area contributed by atoms with E-state index in [4.69, 9.17) is 22.8 Å². The average Bonchev–Trinajstić information content (AvgIpc) is 3.16. The number of carbonyl (C=O) groups excluding carboxylic acids is 2. The smallest absolute Gasteiger partial charge is 0.413 e. The quantitative estimate of drug-likeness (QED) is 0.384. The maximum absolute atomic E-state index is 13.5. The fourth-order valence-corrected chi connectivity index (χ4v) is 5.06. The summed E-state index contributed by atoms with van der Waals surface area (Å²) in [6, 6.07) is 4.38. The van der Waals surface area contributed by atoms with Crippen molar-refractivity contribution in [1.82, 2.24) is 30.3 Å². The molecule has 2 amide bonds. The minimum atomic E-state index is -0.877. The van der Waals surface area contributed by atoms with E-state index in [1.165, 1.54) is 17.8 Å². The Balaban J connectivity index is 1.25. The molecule has 10 nitrogen and oxygen atoms in total. The molecule has 3 aliphatic rings. The number of aryl methyl sites for hydroxylation is 1. The van der Waals surface area contributed by atoms with Crippen molar-refractivity contribution in [3.05, 3.63) is 52.7 Å². The van der Waals surface area contributed by atoms with Crippen LogP contribution in [0.5, 0.6) is 0 Å². The van der Waals surface area contributed by atoms with Crippen LogP contribution in [0.15, 0.2) is 30.6 Å². The third-order valence-corrected chi connectivity index (χ3v) is 6.90. The van der Waals surface area contributed by atoms with Crippen molar-refractivity contribution >= 4 is 29.4 Å². The number of ether oxygens (including phenoxy) is 1. The number of rotatable bonds is 6. The monoisotopic (exact) mass is 509 g/mol.